The van der Waals surface area contributed by atoms with E-state index in [9.17, 15) is 4.79 Å². The standard InChI is InChI=1S/C14H18BrNO2/c1-13(2)12(14(13,3)4)16-8-5-6-9(11(17)18)10(15)7-8/h5-7,12,16H,1-4H3,(H,17,18). The number of carboxylic acids is 1. The average molecular weight is 312 g/mol. The zero-order valence-corrected chi connectivity index (χ0v) is 12.6. The van der Waals surface area contributed by atoms with Crippen LogP contribution in [0.2, 0.25) is 0 Å². The van der Waals surface area contributed by atoms with Crippen molar-refractivity contribution in [1.29, 1.82) is 0 Å². The van der Waals surface area contributed by atoms with E-state index in [0.717, 1.165) is 5.69 Å². The molecule has 0 saturated heterocycles. The molecule has 0 heterocycles. The molecule has 1 aromatic rings. The van der Waals surface area contributed by atoms with Gasteiger partial charge in [-0.3, -0.25) is 0 Å². The monoisotopic (exact) mass is 311 g/mol. The maximum absolute atomic E-state index is 10.9. The first kappa shape index (κ1) is 13.4. The Bertz CT molecular complexity index is 495. The predicted octanol–water partition coefficient (Wildman–Crippen LogP) is 3.99. The Morgan fingerprint density at radius 3 is 2.22 bits per heavy atom. The molecule has 0 amide bonds. The Balaban J connectivity index is 2.18. The molecule has 18 heavy (non-hydrogen) atoms. The van der Waals surface area contributed by atoms with E-state index in [1.807, 2.05) is 12.1 Å². The fourth-order valence-corrected chi connectivity index (χ4v) is 3.05. The van der Waals surface area contributed by atoms with Crippen molar-refractivity contribution in [3.63, 3.8) is 0 Å². The minimum atomic E-state index is -0.916. The summed E-state index contributed by atoms with van der Waals surface area (Å²) in [5.74, 6) is -0.916. The fraction of sp³-hybridized carbons (Fsp3) is 0.500. The Hall–Kier alpha value is -1.03. The maximum Gasteiger partial charge on any atom is 0.336 e. The summed E-state index contributed by atoms with van der Waals surface area (Å²) in [7, 11) is 0. The summed E-state index contributed by atoms with van der Waals surface area (Å²) >= 11 is 3.29. The molecule has 1 fully saturated rings. The molecular weight excluding hydrogens is 294 g/mol. The van der Waals surface area contributed by atoms with Crippen molar-refractivity contribution in [2.75, 3.05) is 5.32 Å². The molecular formula is C14H18BrNO2. The van der Waals surface area contributed by atoms with E-state index in [4.69, 9.17) is 5.11 Å². The zero-order chi connectivity index (χ0) is 13.7. The first-order valence-corrected chi connectivity index (χ1v) is 6.76. The average Bonchev–Trinajstić information content (AvgIpc) is 2.60. The summed E-state index contributed by atoms with van der Waals surface area (Å²) in [6, 6.07) is 5.68. The lowest BCUT2D eigenvalue weighted by Crippen LogP contribution is -2.10. The van der Waals surface area contributed by atoms with Crippen molar-refractivity contribution in [2.45, 2.75) is 33.7 Å². The molecule has 2 N–H and O–H groups in total. The maximum atomic E-state index is 10.9. The van der Waals surface area contributed by atoms with E-state index in [1.165, 1.54) is 0 Å². The predicted molar refractivity (Wildman–Crippen MR) is 76.1 cm³/mol. The topological polar surface area (TPSA) is 49.3 Å². The summed E-state index contributed by atoms with van der Waals surface area (Å²) in [5.41, 5.74) is 1.75. The van der Waals surface area contributed by atoms with Crippen LogP contribution in [0.4, 0.5) is 5.69 Å². The van der Waals surface area contributed by atoms with Gasteiger partial charge in [0.2, 0.25) is 0 Å². The molecule has 2 rings (SSSR count). The normalized spacial score (nSPS) is 20.5. The van der Waals surface area contributed by atoms with Gasteiger partial charge >= 0.3 is 5.97 Å². The van der Waals surface area contributed by atoms with Gasteiger partial charge in [0.05, 0.1) is 5.56 Å². The highest BCUT2D eigenvalue weighted by Crippen LogP contribution is 2.63. The van der Waals surface area contributed by atoms with Crippen LogP contribution in [0, 0.1) is 10.8 Å². The number of rotatable bonds is 3. The number of benzene rings is 1. The summed E-state index contributed by atoms with van der Waals surface area (Å²) < 4.78 is 0.608. The second-order valence-electron chi connectivity index (χ2n) is 6.02. The van der Waals surface area contributed by atoms with Crippen LogP contribution in [0.1, 0.15) is 38.1 Å². The van der Waals surface area contributed by atoms with Gasteiger partial charge in [-0.25, -0.2) is 4.79 Å². The number of carbonyl (C=O) groups is 1. The van der Waals surface area contributed by atoms with Crippen LogP contribution in [-0.4, -0.2) is 17.1 Å². The smallest absolute Gasteiger partial charge is 0.336 e. The Morgan fingerprint density at radius 1 is 1.28 bits per heavy atom. The highest BCUT2D eigenvalue weighted by atomic mass is 79.9. The SMILES string of the molecule is CC1(C)C(Nc2ccc(C(=O)O)c(Br)c2)C1(C)C. The summed E-state index contributed by atoms with van der Waals surface area (Å²) in [5, 5.41) is 12.4. The van der Waals surface area contributed by atoms with Crippen molar-refractivity contribution < 1.29 is 9.90 Å². The molecule has 0 bridgehead atoms. The third-order valence-corrected chi connectivity index (χ3v) is 5.19. The summed E-state index contributed by atoms with van der Waals surface area (Å²) in [4.78, 5) is 10.9. The van der Waals surface area contributed by atoms with Gasteiger partial charge in [0.25, 0.3) is 0 Å². The van der Waals surface area contributed by atoms with Crippen LogP contribution >= 0.6 is 15.9 Å². The zero-order valence-electron chi connectivity index (χ0n) is 11.0. The van der Waals surface area contributed by atoms with Gasteiger partial charge in [-0.15, -0.1) is 0 Å². The molecule has 3 nitrogen and oxygen atoms in total. The summed E-state index contributed by atoms with van der Waals surface area (Å²) in [6.45, 7) is 8.97. The van der Waals surface area contributed by atoms with Crippen molar-refractivity contribution in [1.82, 2.24) is 0 Å². The minimum Gasteiger partial charge on any atom is -0.478 e. The van der Waals surface area contributed by atoms with Gasteiger partial charge in [-0.1, -0.05) is 27.7 Å². The van der Waals surface area contributed by atoms with Gasteiger partial charge in [0.1, 0.15) is 0 Å². The van der Waals surface area contributed by atoms with E-state index >= 15 is 0 Å². The molecule has 0 radical (unpaired) electrons. The Morgan fingerprint density at radius 2 is 1.83 bits per heavy atom. The lowest BCUT2D eigenvalue weighted by atomic mass is 10.0. The highest BCUT2D eigenvalue weighted by Gasteiger charge is 2.64. The van der Waals surface area contributed by atoms with Crippen LogP contribution < -0.4 is 5.32 Å². The van der Waals surface area contributed by atoms with Gasteiger partial charge in [0, 0.05) is 16.2 Å². The number of nitrogens with one attached hydrogen (secondary N) is 1. The molecule has 0 aromatic heterocycles. The van der Waals surface area contributed by atoms with Gasteiger partial charge in [-0.05, 0) is 45.0 Å². The van der Waals surface area contributed by atoms with E-state index in [1.54, 1.807) is 6.07 Å². The largest absolute Gasteiger partial charge is 0.478 e. The van der Waals surface area contributed by atoms with Crippen LogP contribution in [0.5, 0.6) is 0 Å². The third kappa shape index (κ3) is 1.92. The van der Waals surface area contributed by atoms with Crippen molar-refractivity contribution in [3.05, 3.63) is 28.2 Å². The van der Waals surface area contributed by atoms with Gasteiger partial charge in [-0.2, -0.15) is 0 Å². The molecule has 0 aliphatic heterocycles. The van der Waals surface area contributed by atoms with Crippen LogP contribution in [0.15, 0.2) is 22.7 Å². The molecule has 98 valence electrons. The number of halogens is 1. The van der Waals surface area contributed by atoms with Crippen molar-refractivity contribution in [3.8, 4) is 0 Å². The molecule has 0 atom stereocenters. The second kappa shape index (κ2) is 3.98. The van der Waals surface area contributed by atoms with Crippen molar-refractivity contribution >= 4 is 27.6 Å². The van der Waals surface area contributed by atoms with Gasteiger partial charge in [0.15, 0.2) is 0 Å². The number of carboxylic acid groups (broad SMARTS) is 1. The molecule has 1 aliphatic rings. The first-order valence-electron chi connectivity index (χ1n) is 5.97. The lowest BCUT2D eigenvalue weighted by molar-refractivity contribution is 0.0696. The number of hydrogen-bond donors (Lipinski definition) is 2. The molecule has 1 aromatic carbocycles. The van der Waals surface area contributed by atoms with Crippen molar-refractivity contribution in [2.24, 2.45) is 10.8 Å². The Kier molecular flexibility index (Phi) is 2.97. The van der Waals surface area contributed by atoms with E-state index in [2.05, 4.69) is 48.9 Å². The van der Waals surface area contributed by atoms with Gasteiger partial charge < -0.3 is 10.4 Å². The molecule has 1 saturated carbocycles. The first-order chi connectivity index (χ1) is 8.18. The highest BCUT2D eigenvalue weighted by molar-refractivity contribution is 9.10. The minimum absolute atomic E-state index is 0.255. The lowest BCUT2D eigenvalue weighted by Gasteiger charge is -2.09. The molecule has 0 unspecified atom stereocenters. The fourth-order valence-electron chi connectivity index (χ4n) is 2.50. The number of anilines is 1. The van der Waals surface area contributed by atoms with E-state index < -0.39 is 5.97 Å². The molecule has 1 aliphatic carbocycles. The van der Waals surface area contributed by atoms with E-state index in [-0.39, 0.29) is 16.4 Å². The summed E-state index contributed by atoms with van der Waals surface area (Å²) in [6.07, 6.45) is 0. The number of hydrogen-bond acceptors (Lipinski definition) is 2. The quantitative estimate of drug-likeness (QED) is 0.887. The third-order valence-electron chi connectivity index (χ3n) is 4.53. The van der Waals surface area contributed by atoms with Crippen LogP contribution in [0.3, 0.4) is 0 Å². The second-order valence-corrected chi connectivity index (χ2v) is 6.87. The molecule has 4 heteroatoms. The molecule has 0 spiro atoms. The van der Waals surface area contributed by atoms with Crippen LogP contribution in [-0.2, 0) is 0 Å². The number of aromatic carboxylic acids is 1. The Labute approximate surface area is 116 Å². The van der Waals surface area contributed by atoms with E-state index in [0.29, 0.717) is 10.5 Å². The van der Waals surface area contributed by atoms with Crippen LogP contribution in [0.25, 0.3) is 0 Å².